The van der Waals surface area contributed by atoms with Gasteiger partial charge in [-0.15, -0.1) is 0 Å². The van der Waals surface area contributed by atoms with Gasteiger partial charge in [-0.25, -0.2) is 4.98 Å². The Morgan fingerprint density at radius 1 is 1.20 bits per heavy atom. The Labute approximate surface area is 114 Å². The third-order valence-electron chi connectivity index (χ3n) is 2.60. The van der Waals surface area contributed by atoms with Gasteiger partial charge in [0.25, 0.3) is 0 Å². The van der Waals surface area contributed by atoms with Crippen LogP contribution in [0.1, 0.15) is 16.8 Å². The number of aryl methyl sites for hydroxylation is 1. The van der Waals surface area contributed by atoms with E-state index in [4.69, 9.17) is 10.5 Å². The molecule has 0 atom stereocenters. The molecule has 20 heavy (non-hydrogen) atoms. The molecule has 106 valence electrons. The molecule has 1 aromatic heterocycles. The van der Waals surface area contributed by atoms with E-state index in [1.165, 1.54) is 6.07 Å². The Kier molecular flexibility index (Phi) is 3.94. The molecule has 1 aromatic carbocycles. The zero-order chi connectivity index (χ0) is 14.8. The van der Waals surface area contributed by atoms with Crippen molar-refractivity contribution >= 4 is 0 Å². The number of halogens is 3. The summed E-state index contributed by atoms with van der Waals surface area (Å²) < 4.78 is 43.6. The van der Waals surface area contributed by atoms with Gasteiger partial charge >= 0.3 is 6.18 Å². The summed E-state index contributed by atoms with van der Waals surface area (Å²) in [5, 5.41) is 0. The van der Waals surface area contributed by atoms with Crippen LogP contribution in [0.25, 0.3) is 0 Å². The summed E-state index contributed by atoms with van der Waals surface area (Å²) in [4.78, 5) is 3.47. The first-order valence-electron chi connectivity index (χ1n) is 5.91. The molecule has 0 aliphatic heterocycles. The molecule has 0 unspecified atom stereocenters. The Balaban J connectivity index is 2.36. The second-order valence-corrected chi connectivity index (χ2v) is 4.32. The van der Waals surface area contributed by atoms with Crippen LogP contribution < -0.4 is 10.5 Å². The summed E-state index contributed by atoms with van der Waals surface area (Å²) in [6, 6.07) is 9.29. The van der Waals surface area contributed by atoms with Crippen LogP contribution in [0.5, 0.6) is 11.6 Å². The maximum atomic E-state index is 12.7. The average molecular weight is 282 g/mol. The first kappa shape index (κ1) is 14.3. The Bertz CT molecular complexity index is 612. The Morgan fingerprint density at radius 3 is 2.55 bits per heavy atom. The highest BCUT2D eigenvalue weighted by molar-refractivity contribution is 5.33. The van der Waals surface area contributed by atoms with Gasteiger partial charge in [0.2, 0.25) is 5.88 Å². The number of ether oxygens (including phenoxy) is 1. The standard InChI is InChI=1S/C14H13F3N2O/c1-9-3-2-4-11(5-9)20-13-7-10(8-18)6-12(19-13)14(15,16)17/h2-7H,8,18H2,1H3. The van der Waals surface area contributed by atoms with Gasteiger partial charge in [-0.2, -0.15) is 13.2 Å². The van der Waals surface area contributed by atoms with Gasteiger partial charge in [0, 0.05) is 12.6 Å². The zero-order valence-corrected chi connectivity index (χ0v) is 10.7. The van der Waals surface area contributed by atoms with Crippen LogP contribution in [0.3, 0.4) is 0 Å². The first-order chi connectivity index (χ1) is 9.38. The quantitative estimate of drug-likeness (QED) is 0.934. The van der Waals surface area contributed by atoms with E-state index in [1.807, 2.05) is 13.0 Å². The molecule has 0 saturated carbocycles. The second-order valence-electron chi connectivity index (χ2n) is 4.32. The van der Waals surface area contributed by atoms with Crippen LogP contribution >= 0.6 is 0 Å². The number of benzene rings is 1. The van der Waals surface area contributed by atoms with Crippen LogP contribution in [0.15, 0.2) is 36.4 Å². The van der Waals surface area contributed by atoms with Gasteiger partial charge < -0.3 is 10.5 Å². The molecule has 0 aliphatic rings. The third kappa shape index (κ3) is 3.48. The summed E-state index contributed by atoms with van der Waals surface area (Å²) in [6.45, 7) is 1.84. The third-order valence-corrected chi connectivity index (χ3v) is 2.60. The molecule has 1 heterocycles. The molecule has 2 aromatic rings. The zero-order valence-electron chi connectivity index (χ0n) is 10.7. The van der Waals surface area contributed by atoms with Gasteiger partial charge in [0.1, 0.15) is 11.4 Å². The number of hydrogen-bond donors (Lipinski definition) is 1. The predicted octanol–water partition coefficient (Wildman–Crippen LogP) is 3.66. The van der Waals surface area contributed by atoms with E-state index < -0.39 is 11.9 Å². The molecule has 0 spiro atoms. The summed E-state index contributed by atoms with van der Waals surface area (Å²) in [6.07, 6.45) is -4.53. The van der Waals surface area contributed by atoms with E-state index in [0.717, 1.165) is 11.6 Å². The summed E-state index contributed by atoms with van der Waals surface area (Å²) in [5.41, 5.74) is 5.64. The normalized spacial score (nSPS) is 11.4. The minimum atomic E-state index is -4.53. The van der Waals surface area contributed by atoms with E-state index in [2.05, 4.69) is 4.98 Å². The number of hydrogen-bond acceptors (Lipinski definition) is 3. The molecule has 0 aliphatic carbocycles. The van der Waals surface area contributed by atoms with Crippen molar-refractivity contribution in [3.05, 3.63) is 53.2 Å². The number of alkyl halides is 3. The maximum Gasteiger partial charge on any atom is 0.433 e. The average Bonchev–Trinajstić information content (AvgIpc) is 2.37. The van der Waals surface area contributed by atoms with Gasteiger partial charge in [-0.3, -0.25) is 0 Å². The second kappa shape index (κ2) is 5.50. The van der Waals surface area contributed by atoms with Crippen molar-refractivity contribution in [3.63, 3.8) is 0 Å². The lowest BCUT2D eigenvalue weighted by molar-refractivity contribution is -0.141. The van der Waals surface area contributed by atoms with Gasteiger partial charge in [-0.1, -0.05) is 12.1 Å². The molecular weight excluding hydrogens is 269 g/mol. The van der Waals surface area contributed by atoms with Crippen LogP contribution in [0.4, 0.5) is 13.2 Å². The minimum absolute atomic E-state index is 0.0181. The Morgan fingerprint density at radius 2 is 1.95 bits per heavy atom. The highest BCUT2D eigenvalue weighted by Crippen LogP contribution is 2.31. The first-order valence-corrected chi connectivity index (χ1v) is 5.91. The van der Waals surface area contributed by atoms with E-state index in [-0.39, 0.29) is 12.4 Å². The highest BCUT2D eigenvalue weighted by atomic mass is 19.4. The van der Waals surface area contributed by atoms with Crippen LogP contribution in [-0.4, -0.2) is 4.98 Å². The number of nitrogens with zero attached hydrogens (tertiary/aromatic N) is 1. The number of nitrogens with two attached hydrogens (primary N) is 1. The molecular formula is C14H13F3N2O. The topological polar surface area (TPSA) is 48.1 Å². The SMILES string of the molecule is Cc1cccc(Oc2cc(CN)cc(C(F)(F)F)n2)c1. The smallest absolute Gasteiger partial charge is 0.433 e. The fraction of sp³-hybridized carbons (Fsp3) is 0.214. The minimum Gasteiger partial charge on any atom is -0.439 e. The lowest BCUT2D eigenvalue weighted by Gasteiger charge is -2.11. The van der Waals surface area contributed by atoms with Crippen molar-refractivity contribution in [2.45, 2.75) is 19.6 Å². The molecule has 0 fully saturated rings. The molecule has 0 saturated heterocycles. The van der Waals surface area contributed by atoms with Crippen LogP contribution in [0, 0.1) is 6.92 Å². The largest absolute Gasteiger partial charge is 0.439 e. The Hall–Kier alpha value is -2.08. The fourth-order valence-corrected chi connectivity index (χ4v) is 1.67. The molecule has 3 nitrogen and oxygen atoms in total. The molecule has 2 rings (SSSR count). The lowest BCUT2D eigenvalue weighted by atomic mass is 10.2. The predicted molar refractivity (Wildman–Crippen MR) is 68.4 cm³/mol. The molecule has 6 heteroatoms. The molecule has 2 N–H and O–H groups in total. The summed E-state index contributed by atoms with van der Waals surface area (Å²) >= 11 is 0. The van der Waals surface area contributed by atoms with Crippen molar-refractivity contribution in [1.82, 2.24) is 4.98 Å². The van der Waals surface area contributed by atoms with E-state index in [9.17, 15) is 13.2 Å². The summed E-state index contributed by atoms with van der Waals surface area (Å²) in [5.74, 6) is 0.311. The monoisotopic (exact) mass is 282 g/mol. The van der Waals surface area contributed by atoms with Gasteiger partial charge in [0.05, 0.1) is 0 Å². The van der Waals surface area contributed by atoms with Crippen molar-refractivity contribution in [2.75, 3.05) is 0 Å². The van der Waals surface area contributed by atoms with E-state index in [1.54, 1.807) is 18.2 Å². The van der Waals surface area contributed by atoms with E-state index >= 15 is 0 Å². The van der Waals surface area contributed by atoms with Crippen molar-refractivity contribution < 1.29 is 17.9 Å². The maximum absolute atomic E-state index is 12.7. The number of pyridine rings is 1. The molecule has 0 amide bonds. The van der Waals surface area contributed by atoms with Crippen molar-refractivity contribution in [1.29, 1.82) is 0 Å². The van der Waals surface area contributed by atoms with Crippen LogP contribution in [0.2, 0.25) is 0 Å². The van der Waals surface area contributed by atoms with Gasteiger partial charge in [-0.05, 0) is 36.2 Å². The number of aromatic nitrogens is 1. The summed E-state index contributed by atoms with van der Waals surface area (Å²) in [7, 11) is 0. The van der Waals surface area contributed by atoms with Crippen molar-refractivity contribution in [2.24, 2.45) is 5.73 Å². The lowest BCUT2D eigenvalue weighted by Crippen LogP contribution is -2.10. The molecule has 0 radical (unpaired) electrons. The highest BCUT2D eigenvalue weighted by Gasteiger charge is 2.33. The van der Waals surface area contributed by atoms with Crippen molar-refractivity contribution in [3.8, 4) is 11.6 Å². The van der Waals surface area contributed by atoms with Gasteiger partial charge in [0.15, 0.2) is 0 Å². The fourth-order valence-electron chi connectivity index (χ4n) is 1.67. The molecule has 0 bridgehead atoms. The van der Waals surface area contributed by atoms with E-state index in [0.29, 0.717) is 11.3 Å². The number of rotatable bonds is 3. The van der Waals surface area contributed by atoms with Crippen LogP contribution in [-0.2, 0) is 12.7 Å².